The molecule has 1 heterocycles. The van der Waals surface area contributed by atoms with Gasteiger partial charge >= 0.3 is 5.69 Å². The average Bonchev–Trinajstić information content (AvgIpc) is 2.68. The van der Waals surface area contributed by atoms with Crippen molar-refractivity contribution in [3.05, 3.63) is 98.8 Å². The highest BCUT2D eigenvalue weighted by atomic mass is 16.2. The van der Waals surface area contributed by atoms with Gasteiger partial charge in [-0.2, -0.15) is 0 Å². The maximum atomic E-state index is 12.3. The Morgan fingerprint density at radius 2 is 1.50 bits per heavy atom. The SMILES string of the molecule is Cn1cc(C=CC(=O)c2ccc(-c3ccccc3)cc2)c(=O)n(C)c1=O. The lowest BCUT2D eigenvalue weighted by molar-refractivity contribution is 0.104. The molecule has 0 unspecified atom stereocenters. The van der Waals surface area contributed by atoms with Crippen molar-refractivity contribution in [2.75, 3.05) is 0 Å². The van der Waals surface area contributed by atoms with Crippen LogP contribution in [0.25, 0.3) is 17.2 Å². The van der Waals surface area contributed by atoms with Crippen LogP contribution in [0, 0.1) is 0 Å². The first-order chi connectivity index (χ1) is 12.5. The van der Waals surface area contributed by atoms with Gasteiger partial charge in [0.25, 0.3) is 5.56 Å². The van der Waals surface area contributed by atoms with Crippen molar-refractivity contribution in [3.8, 4) is 11.1 Å². The Hall–Kier alpha value is -3.47. The maximum absolute atomic E-state index is 12.3. The number of allylic oxidation sites excluding steroid dienone is 1. The van der Waals surface area contributed by atoms with Gasteiger partial charge in [-0.1, -0.05) is 54.6 Å². The lowest BCUT2D eigenvalue weighted by Crippen LogP contribution is -2.37. The zero-order chi connectivity index (χ0) is 18.7. The summed E-state index contributed by atoms with van der Waals surface area (Å²) in [6, 6.07) is 17.2. The van der Waals surface area contributed by atoms with E-state index in [4.69, 9.17) is 0 Å². The number of nitrogens with zero attached hydrogens (tertiary/aromatic N) is 2. The van der Waals surface area contributed by atoms with Crippen LogP contribution in [-0.4, -0.2) is 14.9 Å². The predicted octanol–water partition coefficient (Wildman–Crippen LogP) is 2.65. The lowest BCUT2D eigenvalue weighted by Gasteiger charge is -2.04. The van der Waals surface area contributed by atoms with Gasteiger partial charge in [0.1, 0.15) is 0 Å². The predicted molar refractivity (Wildman–Crippen MR) is 102 cm³/mol. The highest BCUT2D eigenvalue weighted by Gasteiger charge is 2.06. The minimum absolute atomic E-state index is 0.208. The van der Waals surface area contributed by atoms with Crippen LogP contribution in [0.15, 0.2) is 76.5 Å². The lowest BCUT2D eigenvalue weighted by atomic mass is 10.0. The molecule has 0 aliphatic heterocycles. The van der Waals surface area contributed by atoms with E-state index in [1.807, 2.05) is 42.5 Å². The van der Waals surface area contributed by atoms with E-state index in [9.17, 15) is 14.4 Å². The van der Waals surface area contributed by atoms with Gasteiger partial charge in [0, 0.05) is 25.9 Å². The Morgan fingerprint density at radius 1 is 0.885 bits per heavy atom. The molecule has 0 atom stereocenters. The smallest absolute Gasteiger partial charge is 0.303 e. The van der Waals surface area contributed by atoms with E-state index in [2.05, 4.69) is 0 Å². The normalized spacial score (nSPS) is 11.0. The molecule has 2 aromatic carbocycles. The Bertz CT molecular complexity index is 1090. The van der Waals surface area contributed by atoms with Crippen molar-refractivity contribution >= 4 is 11.9 Å². The molecule has 0 aliphatic carbocycles. The number of ketones is 1. The highest BCUT2D eigenvalue weighted by Crippen LogP contribution is 2.19. The molecule has 0 radical (unpaired) electrons. The van der Waals surface area contributed by atoms with Gasteiger partial charge in [-0.3, -0.25) is 14.2 Å². The Balaban J connectivity index is 1.84. The fourth-order valence-electron chi connectivity index (χ4n) is 2.67. The van der Waals surface area contributed by atoms with Gasteiger partial charge in [0.15, 0.2) is 5.78 Å². The van der Waals surface area contributed by atoms with Crippen LogP contribution in [0.2, 0.25) is 0 Å². The molecule has 3 aromatic rings. The van der Waals surface area contributed by atoms with Crippen LogP contribution < -0.4 is 11.2 Å². The molecular weight excluding hydrogens is 328 g/mol. The van der Waals surface area contributed by atoms with Crippen molar-refractivity contribution in [1.82, 2.24) is 9.13 Å². The Labute approximate surface area is 150 Å². The molecule has 0 amide bonds. The van der Waals surface area contributed by atoms with E-state index in [0.29, 0.717) is 5.56 Å². The minimum atomic E-state index is -0.434. The zero-order valence-electron chi connectivity index (χ0n) is 14.5. The quantitative estimate of drug-likeness (QED) is 0.539. The van der Waals surface area contributed by atoms with E-state index in [1.54, 1.807) is 19.2 Å². The number of rotatable bonds is 4. The number of carbonyl (C=O) groups excluding carboxylic acids is 1. The van der Waals surface area contributed by atoms with Gasteiger partial charge in [0.05, 0.1) is 5.56 Å². The van der Waals surface area contributed by atoms with Gasteiger partial charge in [-0.15, -0.1) is 0 Å². The summed E-state index contributed by atoms with van der Waals surface area (Å²) >= 11 is 0. The van der Waals surface area contributed by atoms with Gasteiger partial charge in [0.2, 0.25) is 0 Å². The largest absolute Gasteiger partial charge is 0.330 e. The average molecular weight is 346 g/mol. The summed E-state index contributed by atoms with van der Waals surface area (Å²) in [6.45, 7) is 0. The number of carbonyl (C=O) groups is 1. The molecule has 0 N–H and O–H groups in total. The molecule has 0 aliphatic rings. The summed E-state index contributed by atoms with van der Waals surface area (Å²) in [6.07, 6.45) is 4.21. The van der Waals surface area contributed by atoms with E-state index >= 15 is 0 Å². The third kappa shape index (κ3) is 3.47. The van der Waals surface area contributed by atoms with Gasteiger partial charge in [-0.25, -0.2) is 4.79 Å². The van der Waals surface area contributed by atoms with E-state index in [0.717, 1.165) is 15.7 Å². The fourth-order valence-corrected chi connectivity index (χ4v) is 2.67. The van der Waals surface area contributed by atoms with Crippen molar-refractivity contribution in [3.63, 3.8) is 0 Å². The summed E-state index contributed by atoms with van der Waals surface area (Å²) in [5.74, 6) is -0.208. The second-order valence-electron chi connectivity index (χ2n) is 5.98. The number of aryl methyl sites for hydroxylation is 1. The number of hydrogen-bond acceptors (Lipinski definition) is 3. The molecule has 26 heavy (non-hydrogen) atoms. The molecule has 3 rings (SSSR count). The van der Waals surface area contributed by atoms with Crippen molar-refractivity contribution in [2.24, 2.45) is 14.1 Å². The second kappa shape index (κ2) is 7.19. The molecule has 5 heteroatoms. The first kappa shape index (κ1) is 17.4. The third-order valence-corrected chi connectivity index (χ3v) is 4.16. The molecular formula is C21H18N2O3. The van der Waals surface area contributed by atoms with Crippen molar-refractivity contribution in [2.45, 2.75) is 0 Å². The standard InChI is InChI=1S/C21H18N2O3/c1-22-14-18(20(25)23(2)21(22)26)12-13-19(24)17-10-8-16(9-11-17)15-6-4-3-5-7-15/h3-14H,1-2H3. The highest BCUT2D eigenvalue weighted by molar-refractivity contribution is 6.07. The zero-order valence-corrected chi connectivity index (χ0v) is 14.5. The Morgan fingerprint density at radius 3 is 2.15 bits per heavy atom. The summed E-state index contributed by atoms with van der Waals surface area (Å²) in [5, 5.41) is 0. The third-order valence-electron chi connectivity index (χ3n) is 4.16. The number of benzene rings is 2. The molecule has 130 valence electrons. The molecule has 0 saturated carbocycles. The molecule has 0 saturated heterocycles. The van der Waals surface area contributed by atoms with E-state index < -0.39 is 11.2 Å². The summed E-state index contributed by atoms with van der Waals surface area (Å²) < 4.78 is 2.32. The van der Waals surface area contributed by atoms with Crippen LogP contribution in [0.1, 0.15) is 15.9 Å². The molecule has 0 spiro atoms. The first-order valence-electron chi connectivity index (χ1n) is 8.12. The number of aromatic nitrogens is 2. The summed E-state index contributed by atoms with van der Waals surface area (Å²) in [7, 11) is 2.97. The second-order valence-corrected chi connectivity index (χ2v) is 5.98. The molecule has 1 aromatic heterocycles. The monoisotopic (exact) mass is 346 g/mol. The molecule has 5 nitrogen and oxygen atoms in total. The Kier molecular flexibility index (Phi) is 4.80. The van der Waals surface area contributed by atoms with Gasteiger partial charge in [-0.05, 0) is 23.3 Å². The molecule has 0 bridgehead atoms. The number of hydrogen-bond donors (Lipinski definition) is 0. The maximum Gasteiger partial charge on any atom is 0.330 e. The summed E-state index contributed by atoms with van der Waals surface area (Å²) in [5.41, 5.74) is 2.08. The van der Waals surface area contributed by atoms with Crippen LogP contribution >= 0.6 is 0 Å². The fraction of sp³-hybridized carbons (Fsp3) is 0.0952. The minimum Gasteiger partial charge on any atom is -0.303 e. The van der Waals surface area contributed by atoms with Crippen molar-refractivity contribution in [1.29, 1.82) is 0 Å². The van der Waals surface area contributed by atoms with Crippen molar-refractivity contribution < 1.29 is 4.79 Å². The van der Waals surface area contributed by atoms with E-state index in [-0.39, 0.29) is 11.3 Å². The van der Waals surface area contributed by atoms with E-state index in [1.165, 1.54) is 30.0 Å². The van der Waals surface area contributed by atoms with Gasteiger partial charge < -0.3 is 4.57 Å². The van der Waals surface area contributed by atoms with Crippen LogP contribution in [0.5, 0.6) is 0 Å². The van der Waals surface area contributed by atoms with Crippen LogP contribution in [0.4, 0.5) is 0 Å². The molecule has 0 fully saturated rings. The first-order valence-corrected chi connectivity index (χ1v) is 8.12. The van der Waals surface area contributed by atoms with Crippen LogP contribution in [-0.2, 0) is 14.1 Å². The summed E-state index contributed by atoms with van der Waals surface area (Å²) in [4.78, 5) is 36.1. The topological polar surface area (TPSA) is 61.1 Å². The van der Waals surface area contributed by atoms with Crippen LogP contribution in [0.3, 0.4) is 0 Å².